The summed E-state index contributed by atoms with van der Waals surface area (Å²) in [5.41, 5.74) is 0.846. The lowest BCUT2D eigenvalue weighted by molar-refractivity contribution is 0.112. The molecule has 4 heteroatoms. The first-order valence-electron chi connectivity index (χ1n) is 4.77. The molecule has 0 amide bonds. The minimum Gasteiger partial charge on any atom is -0.377 e. The third-order valence-corrected chi connectivity index (χ3v) is 1.73. The van der Waals surface area contributed by atoms with E-state index in [-0.39, 0.29) is 5.56 Å². The molecule has 1 aromatic carbocycles. The van der Waals surface area contributed by atoms with Crippen LogP contribution in [0.4, 0.5) is 10.1 Å². The summed E-state index contributed by atoms with van der Waals surface area (Å²) >= 11 is 0. The fourth-order valence-electron chi connectivity index (χ4n) is 1.11. The van der Waals surface area contributed by atoms with Crippen molar-refractivity contribution in [3.8, 4) is 0 Å². The molecule has 0 bridgehead atoms. The third kappa shape index (κ3) is 3.38. The molecule has 0 heterocycles. The lowest BCUT2D eigenvalue weighted by Gasteiger charge is -2.16. The van der Waals surface area contributed by atoms with Crippen LogP contribution in [0, 0.1) is 5.82 Å². The number of anilines is 1. The molecule has 0 fully saturated rings. The Hall–Kier alpha value is -1.32. The van der Waals surface area contributed by atoms with Crippen LogP contribution in [0.25, 0.3) is 0 Å². The van der Waals surface area contributed by atoms with Crippen LogP contribution < -0.4 is 10.4 Å². The van der Waals surface area contributed by atoms with E-state index in [9.17, 15) is 9.18 Å². The highest BCUT2D eigenvalue weighted by molar-refractivity contribution is 6.32. The predicted octanol–water partition coefficient (Wildman–Crippen LogP) is 1.52. The van der Waals surface area contributed by atoms with Crippen molar-refractivity contribution in [2.24, 2.45) is 0 Å². The Balaban J connectivity index is 0.000000921. The Kier molecular flexibility index (Phi) is 5.68. The number of halogens is 1. The molecule has 1 rings (SSSR count). The van der Waals surface area contributed by atoms with Gasteiger partial charge < -0.3 is 4.90 Å². The average molecular weight is 207 g/mol. The molecule has 2 nitrogen and oxygen atoms in total. The van der Waals surface area contributed by atoms with Crippen molar-refractivity contribution in [1.29, 1.82) is 0 Å². The second-order valence-corrected chi connectivity index (χ2v) is 2.95. The number of nitrogens with zero attached hydrogens (tertiary/aromatic N) is 1. The number of carbonyl (C=O) groups excluding carboxylic acids is 1. The molecular weight excluding hydrogens is 192 g/mol. The van der Waals surface area contributed by atoms with Crippen molar-refractivity contribution in [3.63, 3.8) is 0 Å². The van der Waals surface area contributed by atoms with Gasteiger partial charge in [-0.25, -0.2) is 4.39 Å². The van der Waals surface area contributed by atoms with Gasteiger partial charge in [0.15, 0.2) is 6.29 Å². The normalized spacial score (nSPS) is 8.87. The highest BCUT2D eigenvalue weighted by Gasteiger charge is 2.09. The summed E-state index contributed by atoms with van der Waals surface area (Å²) in [6.45, 7) is 4.00. The van der Waals surface area contributed by atoms with E-state index in [0.717, 1.165) is 6.07 Å². The maximum atomic E-state index is 13.1. The zero-order valence-corrected chi connectivity index (χ0v) is 9.54. The minimum absolute atomic E-state index is 0.0409. The molecule has 0 unspecified atom stereocenters. The van der Waals surface area contributed by atoms with Gasteiger partial charge in [-0.15, -0.1) is 0 Å². The van der Waals surface area contributed by atoms with Crippen molar-refractivity contribution in [1.82, 2.24) is 0 Å². The summed E-state index contributed by atoms with van der Waals surface area (Å²) in [6, 6.07) is 2.70. The summed E-state index contributed by atoms with van der Waals surface area (Å²) in [5.74, 6) is -0.585. The predicted molar refractivity (Wildman–Crippen MR) is 62.9 cm³/mol. The maximum absolute atomic E-state index is 13.1. The standard InChI is InChI=1S/C9H9BFNO.C2H6/c1-12(2)9-4-6(10)3-8(11)7(9)5-13;1-2/h3-5H,1-2H3;1-2H3. The van der Waals surface area contributed by atoms with E-state index in [4.69, 9.17) is 7.85 Å². The third-order valence-electron chi connectivity index (χ3n) is 1.73. The number of aldehydes is 1. The van der Waals surface area contributed by atoms with Crippen molar-refractivity contribution >= 4 is 25.3 Å². The fraction of sp³-hybridized carbons (Fsp3) is 0.364. The molecule has 0 aliphatic heterocycles. The molecule has 0 aliphatic rings. The minimum atomic E-state index is -0.585. The van der Waals surface area contributed by atoms with Crippen LogP contribution in [0.2, 0.25) is 0 Å². The van der Waals surface area contributed by atoms with Gasteiger partial charge in [0.05, 0.1) is 5.56 Å². The highest BCUT2D eigenvalue weighted by Crippen LogP contribution is 2.17. The SMILES string of the molecule is CC.[B]c1cc(F)c(C=O)c(N(C)C)c1. The molecule has 2 radical (unpaired) electrons. The largest absolute Gasteiger partial charge is 0.377 e. The molecule has 0 N–H and O–H groups in total. The van der Waals surface area contributed by atoms with Gasteiger partial charge in [-0.2, -0.15) is 0 Å². The summed E-state index contributed by atoms with van der Waals surface area (Å²) in [6.07, 6.45) is 0.490. The molecule has 0 aromatic heterocycles. The van der Waals surface area contributed by atoms with Gasteiger partial charge in [-0.1, -0.05) is 19.3 Å². The molecule has 1 aromatic rings. The Morgan fingerprint density at radius 2 is 1.87 bits per heavy atom. The van der Waals surface area contributed by atoms with Gasteiger partial charge >= 0.3 is 0 Å². The first-order valence-corrected chi connectivity index (χ1v) is 4.77. The number of rotatable bonds is 2. The smallest absolute Gasteiger partial charge is 0.155 e. The molecule has 0 atom stereocenters. The van der Waals surface area contributed by atoms with Crippen molar-refractivity contribution in [2.45, 2.75) is 13.8 Å². The summed E-state index contributed by atoms with van der Waals surface area (Å²) in [7, 11) is 8.89. The first kappa shape index (κ1) is 13.7. The molecular formula is C11H15BFNO. The van der Waals surface area contributed by atoms with E-state index in [1.807, 2.05) is 13.8 Å². The van der Waals surface area contributed by atoms with Gasteiger partial charge in [0.2, 0.25) is 0 Å². The Bertz CT molecular complexity index is 340. The topological polar surface area (TPSA) is 20.3 Å². The molecule has 0 aliphatic carbocycles. The lowest BCUT2D eigenvalue weighted by atomic mass is 9.93. The molecule has 0 saturated carbocycles. The Morgan fingerprint density at radius 3 is 2.27 bits per heavy atom. The number of hydrogen-bond acceptors (Lipinski definition) is 2. The zero-order chi connectivity index (χ0) is 12.0. The Morgan fingerprint density at radius 1 is 1.33 bits per heavy atom. The van der Waals surface area contributed by atoms with Crippen LogP contribution in [-0.2, 0) is 0 Å². The van der Waals surface area contributed by atoms with E-state index in [1.165, 1.54) is 0 Å². The van der Waals surface area contributed by atoms with E-state index in [1.54, 1.807) is 25.1 Å². The van der Waals surface area contributed by atoms with Crippen LogP contribution in [-0.4, -0.2) is 28.2 Å². The Labute approximate surface area is 91.5 Å². The van der Waals surface area contributed by atoms with Crippen molar-refractivity contribution < 1.29 is 9.18 Å². The van der Waals surface area contributed by atoms with Gasteiger partial charge in [-0.3, -0.25) is 4.79 Å². The zero-order valence-electron chi connectivity index (χ0n) is 9.54. The summed E-state index contributed by atoms with van der Waals surface area (Å²) < 4.78 is 13.1. The molecule has 0 saturated heterocycles. The summed E-state index contributed by atoms with van der Waals surface area (Å²) in [5, 5.41) is 0. The molecule has 15 heavy (non-hydrogen) atoms. The quantitative estimate of drug-likeness (QED) is 0.541. The van der Waals surface area contributed by atoms with E-state index < -0.39 is 5.82 Å². The van der Waals surface area contributed by atoms with E-state index in [2.05, 4.69) is 0 Å². The first-order chi connectivity index (χ1) is 7.06. The lowest BCUT2D eigenvalue weighted by Crippen LogP contribution is -2.16. The van der Waals surface area contributed by atoms with Crippen LogP contribution >= 0.6 is 0 Å². The van der Waals surface area contributed by atoms with Crippen LogP contribution in [0.15, 0.2) is 12.1 Å². The maximum Gasteiger partial charge on any atom is 0.155 e. The number of benzene rings is 1. The van der Waals surface area contributed by atoms with Gasteiger partial charge in [0.25, 0.3) is 0 Å². The summed E-state index contributed by atoms with van der Waals surface area (Å²) in [4.78, 5) is 12.2. The van der Waals surface area contributed by atoms with Crippen LogP contribution in [0.1, 0.15) is 24.2 Å². The number of carbonyl (C=O) groups is 1. The van der Waals surface area contributed by atoms with E-state index >= 15 is 0 Å². The monoisotopic (exact) mass is 207 g/mol. The molecule has 80 valence electrons. The van der Waals surface area contributed by atoms with Crippen LogP contribution in [0.3, 0.4) is 0 Å². The van der Waals surface area contributed by atoms with E-state index in [0.29, 0.717) is 17.4 Å². The fourth-order valence-corrected chi connectivity index (χ4v) is 1.11. The van der Waals surface area contributed by atoms with Crippen LogP contribution in [0.5, 0.6) is 0 Å². The highest BCUT2D eigenvalue weighted by atomic mass is 19.1. The second-order valence-electron chi connectivity index (χ2n) is 2.95. The van der Waals surface area contributed by atoms with Gasteiger partial charge in [-0.05, 0) is 12.1 Å². The second kappa shape index (κ2) is 6.22. The van der Waals surface area contributed by atoms with Crippen molar-refractivity contribution in [3.05, 3.63) is 23.5 Å². The average Bonchev–Trinajstić information content (AvgIpc) is 2.19. The van der Waals surface area contributed by atoms with Crippen molar-refractivity contribution in [2.75, 3.05) is 19.0 Å². The van der Waals surface area contributed by atoms with Gasteiger partial charge in [0.1, 0.15) is 13.7 Å². The number of hydrogen-bond donors (Lipinski definition) is 0. The molecule has 0 spiro atoms. The van der Waals surface area contributed by atoms with Gasteiger partial charge in [0, 0.05) is 19.8 Å².